The molecule has 10 nitrogen and oxygen atoms in total. The van der Waals surface area contributed by atoms with E-state index in [1.54, 1.807) is 0 Å². The van der Waals surface area contributed by atoms with Gasteiger partial charge in [-0.3, -0.25) is 18.7 Å². The molecule has 172 valence electrons. The summed E-state index contributed by atoms with van der Waals surface area (Å²) in [6.07, 6.45) is 1.47. The van der Waals surface area contributed by atoms with Crippen molar-refractivity contribution in [3.05, 3.63) is 55.6 Å². The Morgan fingerprint density at radius 2 is 1.30 bits per heavy atom. The van der Waals surface area contributed by atoms with Crippen molar-refractivity contribution in [3.8, 4) is 23.3 Å². The average molecular weight is 489 g/mol. The summed E-state index contributed by atoms with van der Waals surface area (Å²) in [5.41, 5.74) is -1.29. The molecular formula is C21H20N4O6S2. The molecule has 0 atom stereocenters. The fraction of sp³-hybridized carbons (Fsp3) is 0.333. The van der Waals surface area contributed by atoms with Crippen LogP contribution in [0.4, 0.5) is 0 Å². The van der Waals surface area contributed by atoms with Gasteiger partial charge in [0.05, 0.1) is 17.0 Å². The predicted molar refractivity (Wildman–Crippen MR) is 122 cm³/mol. The molecule has 2 aliphatic rings. The maximum Gasteiger partial charge on any atom is 0.262 e. The second kappa shape index (κ2) is 8.34. The SMILES string of the molecule is O=c1c(C(c2ccc(O)c(O)c2)c2c(O)nc3n(c2=O)CCCS3)c(O)nc2n1CCCS2. The minimum Gasteiger partial charge on any atom is -0.504 e. The molecule has 0 amide bonds. The zero-order valence-electron chi connectivity index (χ0n) is 17.3. The first kappa shape index (κ1) is 21.7. The maximum absolute atomic E-state index is 13.5. The molecule has 4 heterocycles. The normalized spacial score (nSPS) is 15.3. The van der Waals surface area contributed by atoms with Crippen molar-refractivity contribution >= 4 is 23.5 Å². The lowest BCUT2D eigenvalue weighted by molar-refractivity contribution is 0.400. The summed E-state index contributed by atoms with van der Waals surface area (Å²) in [7, 11) is 0. The first-order valence-electron chi connectivity index (χ1n) is 10.3. The lowest BCUT2D eigenvalue weighted by Crippen LogP contribution is -2.35. The minimum atomic E-state index is -1.27. The largest absolute Gasteiger partial charge is 0.504 e. The molecule has 4 N–H and O–H groups in total. The van der Waals surface area contributed by atoms with E-state index in [4.69, 9.17) is 0 Å². The monoisotopic (exact) mass is 488 g/mol. The van der Waals surface area contributed by atoms with Crippen molar-refractivity contribution in [1.82, 2.24) is 19.1 Å². The molecule has 0 saturated heterocycles. The van der Waals surface area contributed by atoms with Crippen molar-refractivity contribution in [3.63, 3.8) is 0 Å². The molecule has 0 saturated carbocycles. The fourth-order valence-electron chi connectivity index (χ4n) is 4.17. The number of phenolic OH excluding ortho intramolecular Hbond substituents is 2. The van der Waals surface area contributed by atoms with Gasteiger partial charge in [-0.2, -0.15) is 9.97 Å². The summed E-state index contributed by atoms with van der Waals surface area (Å²) in [4.78, 5) is 35.4. The third-order valence-electron chi connectivity index (χ3n) is 5.72. The summed E-state index contributed by atoms with van der Waals surface area (Å²) < 4.78 is 2.87. The molecule has 2 aliphatic heterocycles. The molecule has 0 fully saturated rings. The van der Waals surface area contributed by atoms with Crippen molar-refractivity contribution < 1.29 is 20.4 Å². The van der Waals surface area contributed by atoms with Gasteiger partial charge in [-0.25, -0.2) is 0 Å². The summed E-state index contributed by atoms with van der Waals surface area (Å²) in [6.45, 7) is 0.804. The van der Waals surface area contributed by atoms with Gasteiger partial charge in [0.2, 0.25) is 11.8 Å². The van der Waals surface area contributed by atoms with Crippen LogP contribution in [0.1, 0.15) is 35.4 Å². The summed E-state index contributed by atoms with van der Waals surface area (Å²) >= 11 is 2.69. The number of fused-ring (bicyclic) bond motifs is 2. The van der Waals surface area contributed by atoms with E-state index in [0.717, 1.165) is 24.3 Å². The molecule has 0 aliphatic carbocycles. The molecule has 0 radical (unpaired) electrons. The maximum atomic E-state index is 13.5. The van der Waals surface area contributed by atoms with Crippen LogP contribution in [0.25, 0.3) is 0 Å². The highest BCUT2D eigenvalue weighted by Gasteiger charge is 2.34. The molecule has 0 unspecified atom stereocenters. The molecule has 2 aromatic heterocycles. The van der Waals surface area contributed by atoms with Crippen molar-refractivity contribution in [1.29, 1.82) is 0 Å². The summed E-state index contributed by atoms with van der Waals surface area (Å²) in [6, 6.07) is 3.81. The van der Waals surface area contributed by atoms with Gasteiger partial charge in [0.25, 0.3) is 11.1 Å². The number of thioether (sulfide) groups is 2. The Balaban J connectivity index is 1.83. The molecule has 0 spiro atoms. The van der Waals surface area contributed by atoms with Gasteiger partial charge >= 0.3 is 0 Å². The van der Waals surface area contributed by atoms with E-state index < -0.39 is 34.5 Å². The van der Waals surface area contributed by atoms with Crippen LogP contribution in [-0.2, 0) is 13.1 Å². The lowest BCUT2D eigenvalue weighted by atomic mass is 9.86. The van der Waals surface area contributed by atoms with E-state index in [1.165, 1.54) is 50.9 Å². The Hall–Kier alpha value is -3.12. The number of hydrogen-bond acceptors (Lipinski definition) is 10. The van der Waals surface area contributed by atoms with Gasteiger partial charge in [0.15, 0.2) is 21.8 Å². The first-order chi connectivity index (χ1) is 15.9. The lowest BCUT2D eigenvalue weighted by Gasteiger charge is -2.24. The third-order valence-corrected chi connectivity index (χ3v) is 7.85. The Morgan fingerprint density at radius 1 is 0.788 bits per heavy atom. The zero-order chi connectivity index (χ0) is 23.3. The van der Waals surface area contributed by atoms with Crippen molar-refractivity contribution in [2.45, 2.75) is 42.2 Å². The number of hydrogen-bond donors (Lipinski definition) is 4. The second-order valence-corrected chi connectivity index (χ2v) is 9.89. The molecular weight excluding hydrogens is 468 g/mol. The van der Waals surface area contributed by atoms with Gasteiger partial charge in [0, 0.05) is 24.6 Å². The van der Waals surface area contributed by atoms with E-state index in [-0.39, 0.29) is 22.4 Å². The van der Waals surface area contributed by atoms with E-state index in [1.807, 2.05) is 0 Å². The van der Waals surface area contributed by atoms with Crippen LogP contribution in [-0.4, -0.2) is 51.0 Å². The Kier molecular flexibility index (Phi) is 5.49. The number of phenols is 2. The number of rotatable bonds is 3. The number of nitrogens with zero attached hydrogens (tertiary/aromatic N) is 4. The van der Waals surface area contributed by atoms with E-state index in [0.29, 0.717) is 23.4 Å². The first-order valence-corrected chi connectivity index (χ1v) is 12.3. The van der Waals surface area contributed by atoms with Crippen molar-refractivity contribution in [2.75, 3.05) is 11.5 Å². The molecule has 12 heteroatoms. The van der Waals surface area contributed by atoms with Crippen LogP contribution in [0.15, 0.2) is 38.1 Å². The van der Waals surface area contributed by atoms with Crippen LogP contribution in [0.2, 0.25) is 0 Å². The molecule has 1 aromatic carbocycles. The Labute approximate surface area is 195 Å². The standard InChI is InChI=1S/C21H20N4O6S2/c26-11-4-3-10(9-12(11)27)13(14-16(28)22-20-24(18(14)30)5-1-7-32-20)15-17(29)23-21-25(19(15)31)6-2-8-33-21/h3-4,9,13,26-29H,1-2,5-8H2. The van der Waals surface area contributed by atoms with Gasteiger partial charge in [-0.05, 0) is 30.5 Å². The zero-order valence-corrected chi connectivity index (χ0v) is 18.9. The van der Waals surface area contributed by atoms with E-state index >= 15 is 0 Å². The Bertz CT molecular complexity index is 1310. The highest BCUT2D eigenvalue weighted by Crippen LogP contribution is 2.40. The minimum absolute atomic E-state index is 0.204. The molecule has 5 rings (SSSR count). The van der Waals surface area contributed by atoms with Gasteiger partial charge in [0.1, 0.15) is 0 Å². The quantitative estimate of drug-likeness (QED) is 0.317. The van der Waals surface area contributed by atoms with Crippen LogP contribution in [0, 0.1) is 0 Å². The van der Waals surface area contributed by atoms with Crippen molar-refractivity contribution in [2.24, 2.45) is 0 Å². The fourth-order valence-corrected chi connectivity index (χ4v) is 6.04. The molecule has 33 heavy (non-hydrogen) atoms. The molecule has 0 bridgehead atoms. The van der Waals surface area contributed by atoms with Gasteiger partial charge in [-0.1, -0.05) is 29.6 Å². The summed E-state index contributed by atoms with van der Waals surface area (Å²) in [5.74, 6) is -1.74. The number of aromatic hydroxyl groups is 4. The summed E-state index contributed by atoms with van der Waals surface area (Å²) in [5, 5.41) is 42.3. The predicted octanol–water partition coefficient (Wildman–Crippen LogP) is 1.79. The van der Waals surface area contributed by atoms with Gasteiger partial charge < -0.3 is 20.4 Å². The van der Waals surface area contributed by atoms with Crippen LogP contribution >= 0.6 is 23.5 Å². The third kappa shape index (κ3) is 3.62. The topological polar surface area (TPSA) is 151 Å². The van der Waals surface area contributed by atoms with E-state index in [2.05, 4.69) is 9.97 Å². The number of benzene rings is 1. The highest BCUT2D eigenvalue weighted by molar-refractivity contribution is 7.99. The van der Waals surface area contributed by atoms with Gasteiger partial charge in [-0.15, -0.1) is 0 Å². The Morgan fingerprint density at radius 3 is 1.79 bits per heavy atom. The number of aromatic nitrogens is 4. The highest BCUT2D eigenvalue weighted by atomic mass is 32.2. The van der Waals surface area contributed by atoms with E-state index in [9.17, 15) is 30.0 Å². The van der Waals surface area contributed by atoms with Crippen LogP contribution in [0.3, 0.4) is 0 Å². The molecule has 3 aromatic rings. The van der Waals surface area contributed by atoms with Crippen LogP contribution < -0.4 is 11.1 Å². The van der Waals surface area contributed by atoms with Crippen LogP contribution in [0.5, 0.6) is 23.3 Å². The average Bonchev–Trinajstić information content (AvgIpc) is 2.80. The second-order valence-electron chi connectivity index (χ2n) is 7.76. The smallest absolute Gasteiger partial charge is 0.262 e.